The topological polar surface area (TPSA) is 50.7 Å². The molecule has 16 heavy (non-hydrogen) atoms. The Morgan fingerprint density at radius 3 is 3.00 bits per heavy atom. The van der Waals surface area contributed by atoms with Crippen LogP contribution in [0.3, 0.4) is 0 Å². The fourth-order valence-corrected chi connectivity index (χ4v) is 2.13. The predicted octanol–water partition coefficient (Wildman–Crippen LogP) is 1.90. The smallest absolute Gasteiger partial charge is 0.277 e. The van der Waals surface area contributed by atoms with Crippen LogP contribution in [0.5, 0.6) is 0 Å². The Morgan fingerprint density at radius 1 is 1.38 bits per heavy atom. The number of fused-ring (bicyclic) bond motifs is 3. The highest BCUT2D eigenvalue weighted by Gasteiger charge is 2.10. The van der Waals surface area contributed by atoms with Crippen LogP contribution in [-0.2, 0) is 6.54 Å². The van der Waals surface area contributed by atoms with Gasteiger partial charge in [-0.1, -0.05) is 18.2 Å². The second-order valence-electron chi connectivity index (χ2n) is 3.69. The summed E-state index contributed by atoms with van der Waals surface area (Å²) in [6.45, 7) is 2.63. The zero-order chi connectivity index (χ0) is 11.1. The summed E-state index contributed by atoms with van der Waals surface area (Å²) in [6.07, 6.45) is 1.57. The molecule has 0 saturated heterocycles. The van der Waals surface area contributed by atoms with Crippen LogP contribution in [0.2, 0.25) is 0 Å². The van der Waals surface area contributed by atoms with E-state index >= 15 is 0 Å². The van der Waals surface area contributed by atoms with Crippen LogP contribution in [0, 0.1) is 0 Å². The predicted molar refractivity (Wildman–Crippen MR) is 63.5 cm³/mol. The number of hydrogen-bond donors (Lipinski definition) is 1. The summed E-state index contributed by atoms with van der Waals surface area (Å²) in [5.41, 5.74) is 2.27. The van der Waals surface area contributed by atoms with E-state index in [1.54, 1.807) is 10.9 Å². The van der Waals surface area contributed by atoms with Gasteiger partial charge in [0.05, 0.1) is 11.8 Å². The van der Waals surface area contributed by atoms with Crippen LogP contribution in [0.15, 0.2) is 35.4 Å². The SMILES string of the molecule is CCn1c(=O)c2[nH]cnc2c2ccccc21. The van der Waals surface area contributed by atoms with Crippen molar-refractivity contribution in [2.24, 2.45) is 0 Å². The van der Waals surface area contributed by atoms with Crippen LogP contribution in [0.4, 0.5) is 0 Å². The fourth-order valence-electron chi connectivity index (χ4n) is 2.13. The second kappa shape index (κ2) is 3.20. The van der Waals surface area contributed by atoms with Gasteiger partial charge < -0.3 is 9.55 Å². The summed E-state index contributed by atoms with van der Waals surface area (Å²) in [5, 5.41) is 1.01. The molecule has 1 N–H and O–H groups in total. The molecule has 3 aromatic rings. The van der Waals surface area contributed by atoms with Gasteiger partial charge in [0.1, 0.15) is 11.0 Å². The van der Waals surface area contributed by atoms with Crippen LogP contribution >= 0.6 is 0 Å². The Balaban J connectivity index is 2.70. The van der Waals surface area contributed by atoms with Gasteiger partial charge in [-0.25, -0.2) is 4.98 Å². The van der Waals surface area contributed by atoms with Crippen molar-refractivity contribution >= 4 is 21.9 Å². The van der Waals surface area contributed by atoms with Crippen LogP contribution in [0.1, 0.15) is 6.92 Å². The van der Waals surface area contributed by atoms with Crippen molar-refractivity contribution in [2.75, 3.05) is 0 Å². The normalized spacial score (nSPS) is 11.3. The van der Waals surface area contributed by atoms with Crippen molar-refractivity contribution in [3.63, 3.8) is 0 Å². The second-order valence-corrected chi connectivity index (χ2v) is 3.69. The maximum atomic E-state index is 12.1. The lowest BCUT2D eigenvalue weighted by atomic mass is 10.2. The van der Waals surface area contributed by atoms with Crippen molar-refractivity contribution in [2.45, 2.75) is 13.5 Å². The first-order valence-corrected chi connectivity index (χ1v) is 5.27. The van der Waals surface area contributed by atoms with Gasteiger partial charge in [0, 0.05) is 11.9 Å². The number of pyridine rings is 1. The highest BCUT2D eigenvalue weighted by Crippen LogP contribution is 2.19. The monoisotopic (exact) mass is 213 g/mol. The first-order valence-electron chi connectivity index (χ1n) is 5.27. The van der Waals surface area contributed by atoms with Gasteiger partial charge in [-0.05, 0) is 13.0 Å². The number of aryl methyl sites for hydroxylation is 1. The molecule has 0 amide bonds. The number of benzene rings is 1. The number of imidazole rings is 1. The molecular weight excluding hydrogens is 202 g/mol. The quantitative estimate of drug-likeness (QED) is 0.671. The van der Waals surface area contributed by atoms with E-state index in [4.69, 9.17) is 0 Å². The first-order chi connectivity index (χ1) is 7.83. The number of nitrogens with zero attached hydrogens (tertiary/aromatic N) is 2. The summed E-state index contributed by atoms with van der Waals surface area (Å²) >= 11 is 0. The molecule has 0 aliphatic carbocycles. The average Bonchev–Trinajstić information content (AvgIpc) is 2.79. The third-order valence-corrected chi connectivity index (χ3v) is 2.86. The fraction of sp³-hybridized carbons (Fsp3) is 0.167. The van der Waals surface area contributed by atoms with E-state index in [0.717, 1.165) is 16.4 Å². The third kappa shape index (κ3) is 1.04. The van der Waals surface area contributed by atoms with E-state index in [0.29, 0.717) is 12.1 Å². The van der Waals surface area contributed by atoms with Crippen LogP contribution < -0.4 is 5.56 Å². The molecule has 0 fully saturated rings. The summed E-state index contributed by atoms with van der Waals surface area (Å²) in [6, 6.07) is 7.84. The Morgan fingerprint density at radius 2 is 2.19 bits per heavy atom. The zero-order valence-electron chi connectivity index (χ0n) is 8.90. The molecule has 0 spiro atoms. The number of para-hydroxylation sites is 1. The Hall–Kier alpha value is -2.10. The molecular formula is C12H11N3O. The summed E-state index contributed by atoms with van der Waals surface area (Å²) < 4.78 is 1.76. The largest absolute Gasteiger partial charge is 0.340 e. The summed E-state index contributed by atoms with van der Waals surface area (Å²) in [4.78, 5) is 19.3. The number of rotatable bonds is 1. The molecule has 0 atom stereocenters. The molecule has 0 radical (unpaired) electrons. The minimum absolute atomic E-state index is 0.00583. The number of H-pyrrole nitrogens is 1. The molecule has 0 bridgehead atoms. The van der Waals surface area contributed by atoms with Gasteiger partial charge in [0.25, 0.3) is 5.56 Å². The van der Waals surface area contributed by atoms with E-state index in [1.165, 1.54) is 0 Å². The lowest BCUT2D eigenvalue weighted by Gasteiger charge is -2.07. The van der Waals surface area contributed by atoms with Gasteiger partial charge >= 0.3 is 0 Å². The molecule has 80 valence electrons. The molecule has 2 aromatic heterocycles. The maximum Gasteiger partial charge on any atom is 0.277 e. The summed E-state index contributed by atoms with van der Waals surface area (Å²) in [5.74, 6) is 0. The molecule has 2 heterocycles. The zero-order valence-corrected chi connectivity index (χ0v) is 8.90. The Bertz CT molecular complexity index is 724. The van der Waals surface area contributed by atoms with E-state index in [-0.39, 0.29) is 5.56 Å². The first kappa shape index (κ1) is 9.15. The molecule has 0 aliphatic heterocycles. The van der Waals surface area contributed by atoms with Crippen molar-refractivity contribution < 1.29 is 0 Å². The third-order valence-electron chi connectivity index (χ3n) is 2.86. The summed E-state index contributed by atoms with van der Waals surface area (Å²) in [7, 11) is 0. The van der Waals surface area contributed by atoms with Crippen molar-refractivity contribution in [1.29, 1.82) is 0 Å². The minimum atomic E-state index is -0.00583. The maximum absolute atomic E-state index is 12.1. The van der Waals surface area contributed by atoms with E-state index in [9.17, 15) is 4.79 Å². The number of aromatic amines is 1. The van der Waals surface area contributed by atoms with E-state index in [2.05, 4.69) is 9.97 Å². The molecule has 3 rings (SSSR count). The standard InChI is InChI=1S/C12H11N3O/c1-2-15-9-6-4-3-5-8(9)10-11(12(15)16)14-7-13-10/h3-7H,2H2,1H3,(H,13,14). The molecule has 0 unspecified atom stereocenters. The molecule has 0 saturated carbocycles. The molecule has 4 heteroatoms. The van der Waals surface area contributed by atoms with Crippen molar-refractivity contribution in [3.8, 4) is 0 Å². The number of nitrogens with one attached hydrogen (secondary N) is 1. The van der Waals surface area contributed by atoms with Crippen molar-refractivity contribution in [3.05, 3.63) is 40.9 Å². The van der Waals surface area contributed by atoms with Gasteiger partial charge in [0.2, 0.25) is 0 Å². The van der Waals surface area contributed by atoms with Gasteiger partial charge in [-0.3, -0.25) is 4.79 Å². The lowest BCUT2D eigenvalue weighted by molar-refractivity contribution is 0.765. The highest BCUT2D eigenvalue weighted by molar-refractivity contribution is 6.01. The Labute approximate surface area is 91.5 Å². The molecule has 1 aromatic carbocycles. The van der Waals surface area contributed by atoms with E-state index < -0.39 is 0 Å². The van der Waals surface area contributed by atoms with Crippen LogP contribution in [0.25, 0.3) is 21.9 Å². The van der Waals surface area contributed by atoms with E-state index in [1.807, 2.05) is 31.2 Å². The van der Waals surface area contributed by atoms with Gasteiger partial charge in [-0.15, -0.1) is 0 Å². The minimum Gasteiger partial charge on any atom is -0.340 e. The highest BCUT2D eigenvalue weighted by atomic mass is 16.1. The molecule has 0 aliphatic rings. The van der Waals surface area contributed by atoms with Gasteiger partial charge in [0.15, 0.2) is 0 Å². The average molecular weight is 213 g/mol. The lowest BCUT2D eigenvalue weighted by Crippen LogP contribution is -2.19. The van der Waals surface area contributed by atoms with Gasteiger partial charge in [-0.2, -0.15) is 0 Å². The molecule has 4 nitrogen and oxygen atoms in total. The number of aromatic nitrogens is 3. The van der Waals surface area contributed by atoms with Crippen molar-refractivity contribution in [1.82, 2.24) is 14.5 Å². The number of hydrogen-bond acceptors (Lipinski definition) is 2. The Kier molecular flexibility index (Phi) is 1.83. The van der Waals surface area contributed by atoms with Crippen LogP contribution in [-0.4, -0.2) is 14.5 Å².